The summed E-state index contributed by atoms with van der Waals surface area (Å²) in [4.78, 5) is 31.4. The van der Waals surface area contributed by atoms with E-state index in [0.717, 1.165) is 24.3 Å². The number of carboxylic acid groups (broad SMARTS) is 1. The van der Waals surface area contributed by atoms with Gasteiger partial charge < -0.3 is 14.6 Å². The Morgan fingerprint density at radius 1 is 0.967 bits per heavy atom. The molecule has 4 aliphatic rings. The van der Waals surface area contributed by atoms with E-state index in [4.69, 9.17) is 9.84 Å². The molecule has 6 heteroatoms. The van der Waals surface area contributed by atoms with Crippen LogP contribution in [0.15, 0.2) is 37.0 Å². The molecule has 0 unspecified atom stereocenters. The van der Waals surface area contributed by atoms with Crippen LogP contribution in [-0.2, 0) is 23.9 Å². The topological polar surface area (TPSA) is 89.9 Å². The van der Waals surface area contributed by atoms with Gasteiger partial charge in [0, 0.05) is 17.2 Å². The Balaban J connectivity index is 0.000000313. The van der Waals surface area contributed by atoms with E-state index in [2.05, 4.69) is 31.4 Å². The number of aliphatic carboxylic acids is 1. The number of carbonyl (C=O) groups is 3. The van der Waals surface area contributed by atoms with Crippen molar-refractivity contribution in [3.63, 3.8) is 0 Å². The predicted octanol–water partition coefficient (Wildman–Crippen LogP) is 4.70. The third kappa shape index (κ3) is 6.31. The van der Waals surface area contributed by atoms with Gasteiger partial charge in [0.15, 0.2) is 0 Å². The second-order valence-electron chi connectivity index (χ2n) is 8.60. The standard InChI is InChI=1S/C16H24O2.C5H8O2.C3H4O2/c1-4-16(18-15(17)10(2)3)13-6-11-5-12(8-13)9-14(16)7-11;1-4(2)5(6)7-3;1-2-3(4)5/h11-14H,2,4-9H2,1,3H3;1H2,2-3H3;2H,1H2,(H,4,5). The Bertz CT molecular complexity index is 662. The van der Waals surface area contributed by atoms with Gasteiger partial charge in [-0.15, -0.1) is 0 Å². The van der Waals surface area contributed by atoms with Crippen molar-refractivity contribution >= 4 is 17.9 Å². The lowest BCUT2D eigenvalue weighted by Gasteiger charge is -2.60. The van der Waals surface area contributed by atoms with Crippen molar-refractivity contribution in [1.82, 2.24) is 0 Å². The highest BCUT2D eigenvalue weighted by atomic mass is 16.6. The number of ether oxygens (including phenoxy) is 2. The van der Waals surface area contributed by atoms with Gasteiger partial charge in [0.05, 0.1) is 7.11 Å². The number of carbonyl (C=O) groups excluding carboxylic acids is 2. The van der Waals surface area contributed by atoms with Crippen LogP contribution < -0.4 is 0 Å². The molecule has 6 nitrogen and oxygen atoms in total. The number of hydrogen-bond donors (Lipinski definition) is 1. The predicted molar refractivity (Wildman–Crippen MR) is 116 cm³/mol. The molecule has 4 fully saturated rings. The van der Waals surface area contributed by atoms with Gasteiger partial charge in [-0.25, -0.2) is 14.4 Å². The maximum absolute atomic E-state index is 12.0. The van der Waals surface area contributed by atoms with Crippen LogP contribution in [0, 0.1) is 23.7 Å². The average molecular weight is 421 g/mol. The first-order valence-electron chi connectivity index (χ1n) is 10.5. The van der Waals surface area contributed by atoms with E-state index in [1.54, 1.807) is 13.8 Å². The molecule has 1 N–H and O–H groups in total. The molecule has 30 heavy (non-hydrogen) atoms. The van der Waals surface area contributed by atoms with Gasteiger partial charge in [0.2, 0.25) is 0 Å². The third-order valence-electron chi connectivity index (χ3n) is 6.41. The van der Waals surface area contributed by atoms with Crippen LogP contribution in [0.3, 0.4) is 0 Å². The van der Waals surface area contributed by atoms with Crippen molar-refractivity contribution in [1.29, 1.82) is 0 Å². The summed E-state index contributed by atoms with van der Waals surface area (Å²) < 4.78 is 10.3. The zero-order chi connectivity index (χ0) is 23.1. The molecule has 0 amide bonds. The average Bonchev–Trinajstić information content (AvgIpc) is 2.70. The Labute approximate surface area is 180 Å². The third-order valence-corrected chi connectivity index (χ3v) is 6.41. The molecule has 0 radical (unpaired) electrons. The first kappa shape index (κ1) is 25.7. The Morgan fingerprint density at radius 2 is 1.37 bits per heavy atom. The van der Waals surface area contributed by atoms with Crippen LogP contribution in [0.2, 0.25) is 0 Å². The van der Waals surface area contributed by atoms with Crippen LogP contribution in [-0.4, -0.2) is 35.7 Å². The van der Waals surface area contributed by atoms with E-state index >= 15 is 0 Å². The number of carboxylic acids is 1. The Morgan fingerprint density at radius 3 is 1.60 bits per heavy atom. The SMILES string of the molecule is C=C(C)C(=O)OC.C=C(C)C(=O)OC1(CC)C2CC3CC(C2)CC1C3.C=CC(=O)O. The minimum absolute atomic E-state index is 0.163. The summed E-state index contributed by atoms with van der Waals surface area (Å²) in [5, 5.41) is 7.60. The van der Waals surface area contributed by atoms with Crippen LogP contribution >= 0.6 is 0 Å². The summed E-state index contributed by atoms with van der Waals surface area (Å²) in [7, 11) is 1.33. The Kier molecular flexibility index (Phi) is 9.53. The largest absolute Gasteiger partial charge is 0.478 e. The fourth-order valence-electron chi connectivity index (χ4n) is 5.23. The molecular weight excluding hydrogens is 384 g/mol. The molecule has 4 rings (SSSR count). The highest BCUT2D eigenvalue weighted by Gasteiger charge is 2.58. The van der Waals surface area contributed by atoms with Crippen molar-refractivity contribution in [2.24, 2.45) is 23.7 Å². The monoisotopic (exact) mass is 420 g/mol. The lowest BCUT2D eigenvalue weighted by Crippen LogP contribution is -2.59. The maximum Gasteiger partial charge on any atom is 0.333 e. The summed E-state index contributed by atoms with van der Waals surface area (Å²) in [6, 6.07) is 0. The zero-order valence-electron chi connectivity index (χ0n) is 18.7. The van der Waals surface area contributed by atoms with Gasteiger partial charge in [0.25, 0.3) is 0 Å². The van der Waals surface area contributed by atoms with Gasteiger partial charge in [0.1, 0.15) is 5.60 Å². The first-order valence-corrected chi connectivity index (χ1v) is 10.5. The molecule has 4 bridgehead atoms. The van der Waals surface area contributed by atoms with Gasteiger partial charge in [-0.3, -0.25) is 0 Å². The van der Waals surface area contributed by atoms with Crippen molar-refractivity contribution in [2.75, 3.05) is 7.11 Å². The van der Waals surface area contributed by atoms with Crippen molar-refractivity contribution < 1.29 is 29.0 Å². The quantitative estimate of drug-likeness (QED) is 0.512. The van der Waals surface area contributed by atoms with Crippen LogP contribution in [0.5, 0.6) is 0 Å². The molecule has 4 saturated carbocycles. The van der Waals surface area contributed by atoms with E-state index in [-0.39, 0.29) is 17.5 Å². The van der Waals surface area contributed by atoms with E-state index in [9.17, 15) is 14.4 Å². The van der Waals surface area contributed by atoms with Crippen molar-refractivity contribution in [3.05, 3.63) is 37.0 Å². The lowest BCUT2D eigenvalue weighted by atomic mass is 9.49. The Hall–Kier alpha value is -2.37. The van der Waals surface area contributed by atoms with Crippen molar-refractivity contribution in [2.45, 2.75) is 64.9 Å². The summed E-state index contributed by atoms with van der Waals surface area (Å²) in [5.74, 6) is 1.55. The molecule has 0 heterocycles. The summed E-state index contributed by atoms with van der Waals surface area (Å²) >= 11 is 0. The summed E-state index contributed by atoms with van der Waals surface area (Å²) in [5.41, 5.74) is 0.808. The van der Waals surface area contributed by atoms with Crippen LogP contribution in [0.25, 0.3) is 0 Å². The number of hydrogen-bond acceptors (Lipinski definition) is 5. The molecule has 4 aliphatic carbocycles. The fraction of sp³-hybridized carbons (Fsp3) is 0.625. The lowest BCUT2D eigenvalue weighted by molar-refractivity contribution is -0.207. The smallest absolute Gasteiger partial charge is 0.333 e. The van der Waals surface area contributed by atoms with Crippen LogP contribution in [0.4, 0.5) is 0 Å². The van der Waals surface area contributed by atoms with Gasteiger partial charge >= 0.3 is 17.9 Å². The minimum Gasteiger partial charge on any atom is -0.478 e. The number of esters is 2. The molecule has 0 aromatic rings. The van der Waals surface area contributed by atoms with E-state index in [1.165, 1.54) is 39.2 Å². The molecule has 0 spiro atoms. The second kappa shape index (κ2) is 11.1. The molecule has 168 valence electrons. The molecule has 0 aliphatic heterocycles. The first-order chi connectivity index (χ1) is 14.0. The van der Waals surface area contributed by atoms with E-state index < -0.39 is 5.97 Å². The zero-order valence-corrected chi connectivity index (χ0v) is 18.7. The van der Waals surface area contributed by atoms with Gasteiger partial charge in [-0.05, 0) is 76.0 Å². The molecule has 0 atom stereocenters. The highest BCUT2D eigenvalue weighted by Crippen LogP contribution is 2.60. The molecule has 0 saturated heterocycles. The van der Waals surface area contributed by atoms with Crippen LogP contribution in [0.1, 0.15) is 59.3 Å². The summed E-state index contributed by atoms with van der Waals surface area (Å²) in [6.07, 6.45) is 8.37. The summed E-state index contributed by atoms with van der Waals surface area (Å²) in [6.45, 7) is 15.6. The molecular formula is C24H36O6. The normalized spacial score (nSPS) is 29.9. The number of methoxy groups -OCH3 is 1. The molecule has 0 aromatic heterocycles. The van der Waals surface area contributed by atoms with E-state index in [1.807, 2.05) is 0 Å². The molecule has 0 aromatic carbocycles. The van der Waals surface area contributed by atoms with E-state index in [0.29, 0.717) is 23.0 Å². The second-order valence-corrected chi connectivity index (χ2v) is 8.60. The number of rotatable bonds is 5. The van der Waals surface area contributed by atoms with Crippen molar-refractivity contribution in [3.8, 4) is 0 Å². The van der Waals surface area contributed by atoms with Gasteiger partial charge in [-0.1, -0.05) is 26.7 Å². The fourth-order valence-corrected chi connectivity index (χ4v) is 5.23. The highest BCUT2D eigenvalue weighted by molar-refractivity contribution is 5.87. The van der Waals surface area contributed by atoms with Gasteiger partial charge in [-0.2, -0.15) is 0 Å². The maximum atomic E-state index is 12.0. The minimum atomic E-state index is -0.981.